The molecule has 1 aliphatic heterocycles. The minimum Gasteiger partial charge on any atom is -0.339 e. The van der Waals surface area contributed by atoms with Gasteiger partial charge >= 0.3 is 0 Å². The van der Waals surface area contributed by atoms with Crippen LogP contribution in [0, 0.1) is 0 Å². The van der Waals surface area contributed by atoms with Crippen LogP contribution in [0.25, 0.3) is 10.9 Å². The van der Waals surface area contributed by atoms with Crippen LogP contribution in [0.15, 0.2) is 48.9 Å². The van der Waals surface area contributed by atoms with Crippen LogP contribution < -0.4 is 0 Å². The van der Waals surface area contributed by atoms with E-state index in [2.05, 4.69) is 16.4 Å². The number of carbonyl (C=O) groups excluding carboxylic acids is 1. The van der Waals surface area contributed by atoms with Crippen LogP contribution in [0.2, 0.25) is 0 Å². The molecule has 6 nitrogen and oxygen atoms in total. The highest BCUT2D eigenvalue weighted by Gasteiger charge is 2.27. The van der Waals surface area contributed by atoms with Crippen molar-refractivity contribution in [3.63, 3.8) is 0 Å². The Hall–Kier alpha value is -2.63. The Morgan fingerprint density at radius 3 is 3.00 bits per heavy atom. The Morgan fingerprint density at radius 1 is 1.23 bits per heavy atom. The maximum atomic E-state index is 12.5. The molecule has 1 unspecified atom stereocenters. The first-order valence-electron chi connectivity index (χ1n) is 7.49. The number of likely N-dealkylation sites (tertiary alicyclic amines) is 1. The Morgan fingerprint density at radius 2 is 2.14 bits per heavy atom. The molecule has 0 radical (unpaired) electrons. The molecule has 6 heteroatoms. The third-order valence-electron chi connectivity index (χ3n) is 4.32. The molecule has 22 heavy (non-hydrogen) atoms. The molecule has 1 amide bonds. The van der Waals surface area contributed by atoms with Crippen LogP contribution in [0.3, 0.4) is 0 Å². The largest absolute Gasteiger partial charge is 0.339 e. The summed E-state index contributed by atoms with van der Waals surface area (Å²) >= 11 is 0. The molecule has 1 aromatic carbocycles. The SMILES string of the molecule is O=C(Cn1ccc2ccccc21)N1CCC(n2ccnn2)C1. The molecule has 1 atom stereocenters. The Kier molecular flexibility index (Phi) is 3.14. The van der Waals surface area contributed by atoms with Crippen LogP contribution in [0.1, 0.15) is 12.5 Å². The van der Waals surface area contributed by atoms with Gasteiger partial charge in [0.1, 0.15) is 6.54 Å². The van der Waals surface area contributed by atoms with Gasteiger partial charge in [0, 0.05) is 31.0 Å². The molecule has 112 valence electrons. The Balaban J connectivity index is 1.47. The van der Waals surface area contributed by atoms with Crippen molar-refractivity contribution in [2.45, 2.75) is 19.0 Å². The van der Waals surface area contributed by atoms with Crippen LogP contribution in [-0.2, 0) is 11.3 Å². The minimum atomic E-state index is 0.156. The lowest BCUT2D eigenvalue weighted by Crippen LogP contribution is -2.32. The van der Waals surface area contributed by atoms with Gasteiger partial charge in [0.05, 0.1) is 12.2 Å². The van der Waals surface area contributed by atoms with E-state index < -0.39 is 0 Å². The van der Waals surface area contributed by atoms with Crippen molar-refractivity contribution in [2.75, 3.05) is 13.1 Å². The van der Waals surface area contributed by atoms with Gasteiger partial charge in [0.15, 0.2) is 0 Å². The van der Waals surface area contributed by atoms with Crippen molar-refractivity contribution >= 4 is 16.8 Å². The third-order valence-corrected chi connectivity index (χ3v) is 4.32. The molecule has 1 aliphatic rings. The highest BCUT2D eigenvalue weighted by Crippen LogP contribution is 2.21. The standard InChI is InChI=1S/C16H17N5O/c22-16(12-19-8-5-13-3-1-2-4-15(13)19)20-9-6-14(11-20)21-10-7-17-18-21/h1-5,7-8,10,14H,6,9,11-12H2. The Labute approximate surface area is 127 Å². The van der Waals surface area contributed by atoms with Gasteiger partial charge in [0.2, 0.25) is 5.91 Å². The van der Waals surface area contributed by atoms with Gasteiger partial charge in [-0.1, -0.05) is 23.4 Å². The fourth-order valence-corrected chi connectivity index (χ4v) is 3.12. The van der Waals surface area contributed by atoms with Crippen LogP contribution in [0.5, 0.6) is 0 Å². The topological polar surface area (TPSA) is 56.0 Å². The number of carbonyl (C=O) groups is 1. The van der Waals surface area contributed by atoms with E-state index in [1.54, 1.807) is 6.20 Å². The van der Waals surface area contributed by atoms with Gasteiger partial charge in [-0.25, -0.2) is 4.68 Å². The average molecular weight is 295 g/mol. The summed E-state index contributed by atoms with van der Waals surface area (Å²) in [6.07, 6.45) is 6.45. The monoisotopic (exact) mass is 295 g/mol. The number of rotatable bonds is 3. The number of benzene rings is 1. The van der Waals surface area contributed by atoms with Crippen molar-refractivity contribution in [1.29, 1.82) is 0 Å². The first kappa shape index (κ1) is 13.1. The molecule has 3 heterocycles. The third kappa shape index (κ3) is 2.26. The molecule has 1 fully saturated rings. The minimum absolute atomic E-state index is 0.156. The summed E-state index contributed by atoms with van der Waals surface area (Å²) in [5.74, 6) is 0.156. The zero-order chi connectivity index (χ0) is 14.9. The molecule has 0 aliphatic carbocycles. The molecule has 0 saturated carbocycles. The maximum absolute atomic E-state index is 12.5. The van der Waals surface area contributed by atoms with Crippen molar-refractivity contribution in [1.82, 2.24) is 24.5 Å². The van der Waals surface area contributed by atoms with Crippen molar-refractivity contribution in [3.05, 3.63) is 48.9 Å². The summed E-state index contributed by atoms with van der Waals surface area (Å²) < 4.78 is 3.86. The molecule has 0 bridgehead atoms. The summed E-state index contributed by atoms with van der Waals surface area (Å²) in [4.78, 5) is 14.4. The highest BCUT2D eigenvalue weighted by molar-refractivity contribution is 5.83. The van der Waals surface area contributed by atoms with E-state index in [1.165, 1.54) is 0 Å². The predicted molar refractivity (Wildman–Crippen MR) is 82.2 cm³/mol. The van der Waals surface area contributed by atoms with Gasteiger partial charge in [-0.05, 0) is 23.9 Å². The van der Waals surface area contributed by atoms with Crippen molar-refractivity contribution in [3.8, 4) is 0 Å². The van der Waals surface area contributed by atoms with Crippen molar-refractivity contribution in [2.24, 2.45) is 0 Å². The maximum Gasteiger partial charge on any atom is 0.242 e. The number of hydrogen-bond donors (Lipinski definition) is 0. The van der Waals surface area contributed by atoms with Gasteiger partial charge < -0.3 is 9.47 Å². The normalized spacial score (nSPS) is 18.2. The summed E-state index contributed by atoms with van der Waals surface area (Å²) in [5, 5.41) is 9.03. The van der Waals surface area contributed by atoms with E-state index in [0.717, 1.165) is 23.9 Å². The van der Waals surface area contributed by atoms with Gasteiger partial charge in [-0.15, -0.1) is 5.10 Å². The summed E-state index contributed by atoms with van der Waals surface area (Å²) in [7, 11) is 0. The number of hydrogen-bond acceptors (Lipinski definition) is 3. The highest BCUT2D eigenvalue weighted by atomic mass is 16.2. The zero-order valence-corrected chi connectivity index (χ0v) is 12.2. The first-order chi connectivity index (χ1) is 10.8. The Bertz CT molecular complexity index is 792. The van der Waals surface area contributed by atoms with E-state index in [0.29, 0.717) is 13.1 Å². The number of fused-ring (bicyclic) bond motifs is 1. The molecule has 2 aromatic heterocycles. The van der Waals surface area contributed by atoms with E-state index >= 15 is 0 Å². The van der Waals surface area contributed by atoms with E-state index in [4.69, 9.17) is 0 Å². The number of para-hydroxylation sites is 1. The van der Waals surface area contributed by atoms with Gasteiger partial charge in [0.25, 0.3) is 0 Å². The molecule has 0 spiro atoms. The molecular weight excluding hydrogens is 278 g/mol. The van der Waals surface area contributed by atoms with E-state index in [-0.39, 0.29) is 11.9 Å². The fourth-order valence-electron chi connectivity index (χ4n) is 3.12. The molecule has 4 rings (SSSR count). The predicted octanol–water partition coefficient (Wildman–Crippen LogP) is 1.71. The zero-order valence-electron chi connectivity index (χ0n) is 12.2. The lowest BCUT2D eigenvalue weighted by atomic mass is 10.2. The lowest BCUT2D eigenvalue weighted by Gasteiger charge is -2.17. The average Bonchev–Trinajstić information content (AvgIpc) is 3.28. The van der Waals surface area contributed by atoms with Crippen LogP contribution >= 0.6 is 0 Å². The van der Waals surface area contributed by atoms with Crippen LogP contribution in [0.4, 0.5) is 0 Å². The van der Waals surface area contributed by atoms with Gasteiger partial charge in [-0.2, -0.15) is 0 Å². The summed E-state index contributed by atoms with van der Waals surface area (Å²) in [6, 6.07) is 10.4. The summed E-state index contributed by atoms with van der Waals surface area (Å²) in [5.41, 5.74) is 1.10. The number of amides is 1. The molecule has 3 aromatic rings. The quantitative estimate of drug-likeness (QED) is 0.739. The van der Waals surface area contributed by atoms with E-state index in [1.807, 2.05) is 50.8 Å². The fraction of sp³-hybridized carbons (Fsp3) is 0.312. The second-order valence-electron chi connectivity index (χ2n) is 5.67. The molecule has 0 N–H and O–H groups in total. The first-order valence-corrected chi connectivity index (χ1v) is 7.49. The summed E-state index contributed by atoms with van der Waals surface area (Å²) in [6.45, 7) is 1.88. The molecule has 1 saturated heterocycles. The smallest absolute Gasteiger partial charge is 0.242 e. The lowest BCUT2D eigenvalue weighted by molar-refractivity contribution is -0.130. The number of aromatic nitrogens is 4. The second-order valence-corrected chi connectivity index (χ2v) is 5.67. The van der Waals surface area contributed by atoms with Crippen LogP contribution in [-0.4, -0.2) is 43.5 Å². The van der Waals surface area contributed by atoms with Gasteiger partial charge in [-0.3, -0.25) is 4.79 Å². The van der Waals surface area contributed by atoms with Crippen molar-refractivity contribution < 1.29 is 4.79 Å². The number of nitrogens with zero attached hydrogens (tertiary/aromatic N) is 5. The second kappa shape index (κ2) is 5.29. The van der Waals surface area contributed by atoms with E-state index in [9.17, 15) is 4.79 Å². The molecular formula is C16H17N5O.